The molecule has 1 aliphatic rings. The zero-order valence-electron chi connectivity index (χ0n) is 10.8. The van der Waals surface area contributed by atoms with Gasteiger partial charge in [-0.25, -0.2) is 4.79 Å². The van der Waals surface area contributed by atoms with Gasteiger partial charge in [-0.05, 0) is 6.92 Å². The Morgan fingerprint density at radius 2 is 1.95 bits per heavy atom. The average molecular weight is 292 g/mol. The molecule has 0 bridgehead atoms. The molecule has 0 aromatic heterocycles. The van der Waals surface area contributed by atoms with Gasteiger partial charge in [0.2, 0.25) is 11.8 Å². The van der Waals surface area contributed by atoms with E-state index in [0.29, 0.717) is 26.3 Å². The monoisotopic (exact) mass is 291 g/mol. The average Bonchev–Trinajstić information content (AvgIpc) is 2.39. The lowest BCUT2D eigenvalue weighted by atomic mass is 10.3. The number of rotatable bonds is 4. The molecule has 0 spiro atoms. The summed E-state index contributed by atoms with van der Waals surface area (Å²) in [6.07, 6.45) is 0.192. The molecule has 8 heteroatoms. The van der Waals surface area contributed by atoms with Crippen LogP contribution in [0.1, 0.15) is 13.3 Å². The summed E-state index contributed by atoms with van der Waals surface area (Å²) in [5.74, 6) is -0.612. The molecule has 0 aliphatic carbocycles. The normalized spacial score (nSPS) is 16.6. The number of nitrogens with one attached hydrogen (secondary N) is 2. The summed E-state index contributed by atoms with van der Waals surface area (Å²) < 4.78 is 5.14. The molecule has 1 unspecified atom stereocenters. The second kappa shape index (κ2) is 7.96. The Morgan fingerprint density at radius 1 is 1.32 bits per heavy atom. The number of nitrogens with zero attached hydrogens (tertiary/aromatic N) is 1. The lowest BCUT2D eigenvalue weighted by molar-refractivity contribution is -0.135. The maximum atomic E-state index is 11.7. The third-order valence-corrected chi connectivity index (χ3v) is 2.78. The van der Waals surface area contributed by atoms with E-state index in [4.69, 9.17) is 16.3 Å². The lowest BCUT2D eigenvalue weighted by Gasteiger charge is -2.26. The molecule has 19 heavy (non-hydrogen) atoms. The summed E-state index contributed by atoms with van der Waals surface area (Å²) in [7, 11) is 0. The number of ether oxygens (including phenoxy) is 1. The summed E-state index contributed by atoms with van der Waals surface area (Å²) in [6.45, 7) is 3.88. The molecule has 108 valence electrons. The molecule has 2 N–H and O–H groups in total. The number of carbonyl (C=O) groups is 3. The summed E-state index contributed by atoms with van der Waals surface area (Å²) in [4.78, 5) is 35.8. The van der Waals surface area contributed by atoms with E-state index in [-0.39, 0.29) is 18.9 Å². The first kappa shape index (κ1) is 15.7. The van der Waals surface area contributed by atoms with Crippen molar-refractivity contribution in [3.8, 4) is 0 Å². The molecular formula is C11H18ClN3O4. The first-order valence-electron chi connectivity index (χ1n) is 6.09. The number of alkyl halides is 1. The van der Waals surface area contributed by atoms with Crippen LogP contribution >= 0.6 is 11.6 Å². The number of hydrogen-bond acceptors (Lipinski definition) is 4. The van der Waals surface area contributed by atoms with Crippen LogP contribution in [0.5, 0.6) is 0 Å². The second-order valence-corrected chi connectivity index (χ2v) is 4.76. The van der Waals surface area contributed by atoms with Crippen molar-refractivity contribution in [3.63, 3.8) is 0 Å². The van der Waals surface area contributed by atoms with Gasteiger partial charge in [0.25, 0.3) is 0 Å². The molecule has 1 atom stereocenters. The molecule has 0 radical (unpaired) electrons. The maximum Gasteiger partial charge on any atom is 0.321 e. The van der Waals surface area contributed by atoms with Crippen LogP contribution in [-0.4, -0.2) is 61.0 Å². The quantitative estimate of drug-likeness (QED) is 0.696. The molecule has 0 saturated carbocycles. The van der Waals surface area contributed by atoms with Crippen LogP contribution in [0.3, 0.4) is 0 Å². The van der Waals surface area contributed by atoms with E-state index in [1.54, 1.807) is 4.90 Å². The van der Waals surface area contributed by atoms with Crippen LogP contribution in [0.2, 0.25) is 0 Å². The summed E-state index contributed by atoms with van der Waals surface area (Å²) >= 11 is 5.49. The van der Waals surface area contributed by atoms with Gasteiger partial charge in [0.15, 0.2) is 0 Å². The Bertz CT molecular complexity index is 343. The highest BCUT2D eigenvalue weighted by Gasteiger charge is 2.17. The van der Waals surface area contributed by atoms with Crippen molar-refractivity contribution in [3.05, 3.63) is 0 Å². The smallest absolute Gasteiger partial charge is 0.321 e. The third-order valence-electron chi connectivity index (χ3n) is 2.59. The third kappa shape index (κ3) is 5.89. The number of halogens is 1. The van der Waals surface area contributed by atoms with Crippen molar-refractivity contribution in [1.29, 1.82) is 0 Å². The van der Waals surface area contributed by atoms with Crippen LogP contribution in [-0.2, 0) is 14.3 Å². The number of morpholine rings is 1. The summed E-state index contributed by atoms with van der Waals surface area (Å²) in [5.41, 5.74) is 0. The van der Waals surface area contributed by atoms with E-state index < -0.39 is 17.3 Å². The SMILES string of the molecule is CC(Cl)C(=O)NC(=O)NCCC(=O)N1CCOCC1. The van der Waals surface area contributed by atoms with Crippen molar-refractivity contribution in [2.45, 2.75) is 18.7 Å². The highest BCUT2D eigenvalue weighted by Crippen LogP contribution is 1.99. The Balaban J connectivity index is 2.17. The van der Waals surface area contributed by atoms with Crippen molar-refractivity contribution >= 4 is 29.4 Å². The highest BCUT2D eigenvalue weighted by molar-refractivity contribution is 6.31. The number of hydrogen-bond donors (Lipinski definition) is 2. The second-order valence-electron chi connectivity index (χ2n) is 4.10. The summed E-state index contributed by atoms with van der Waals surface area (Å²) in [5, 5.41) is 3.72. The van der Waals surface area contributed by atoms with Gasteiger partial charge in [-0.1, -0.05) is 0 Å². The Labute approximate surface area is 116 Å². The van der Waals surface area contributed by atoms with Gasteiger partial charge >= 0.3 is 6.03 Å². The molecule has 1 aliphatic heterocycles. The summed E-state index contributed by atoms with van der Waals surface area (Å²) in [6, 6.07) is -0.646. The van der Waals surface area contributed by atoms with E-state index in [9.17, 15) is 14.4 Å². The highest BCUT2D eigenvalue weighted by atomic mass is 35.5. The topological polar surface area (TPSA) is 87.7 Å². The fourth-order valence-corrected chi connectivity index (χ4v) is 1.56. The molecule has 1 heterocycles. The number of amides is 4. The van der Waals surface area contributed by atoms with Gasteiger partial charge in [0.05, 0.1) is 13.2 Å². The van der Waals surface area contributed by atoms with Gasteiger partial charge in [-0.15, -0.1) is 11.6 Å². The van der Waals surface area contributed by atoms with Crippen LogP contribution in [0.25, 0.3) is 0 Å². The predicted molar refractivity (Wildman–Crippen MR) is 68.9 cm³/mol. The fraction of sp³-hybridized carbons (Fsp3) is 0.727. The van der Waals surface area contributed by atoms with Gasteiger partial charge in [0.1, 0.15) is 5.38 Å². The maximum absolute atomic E-state index is 11.7. The lowest BCUT2D eigenvalue weighted by Crippen LogP contribution is -2.45. The molecule has 0 aromatic carbocycles. The minimum Gasteiger partial charge on any atom is -0.378 e. The minimum absolute atomic E-state index is 0.0411. The van der Waals surface area contributed by atoms with Crippen LogP contribution in [0, 0.1) is 0 Å². The van der Waals surface area contributed by atoms with Crippen molar-refractivity contribution in [1.82, 2.24) is 15.5 Å². The minimum atomic E-state index is -0.777. The van der Waals surface area contributed by atoms with Gasteiger partial charge in [-0.2, -0.15) is 0 Å². The van der Waals surface area contributed by atoms with E-state index >= 15 is 0 Å². The molecule has 7 nitrogen and oxygen atoms in total. The standard InChI is InChI=1S/C11H18ClN3O4/c1-8(12)10(17)14-11(18)13-3-2-9(16)15-4-6-19-7-5-15/h8H,2-7H2,1H3,(H2,13,14,17,18). The zero-order valence-corrected chi connectivity index (χ0v) is 11.5. The molecular weight excluding hydrogens is 274 g/mol. The molecule has 0 aromatic rings. The predicted octanol–water partition coefficient (Wildman–Crippen LogP) is -0.312. The van der Waals surface area contributed by atoms with Gasteiger partial charge in [0, 0.05) is 26.1 Å². The number of carbonyl (C=O) groups excluding carboxylic acids is 3. The largest absolute Gasteiger partial charge is 0.378 e. The Morgan fingerprint density at radius 3 is 2.53 bits per heavy atom. The van der Waals surface area contributed by atoms with Crippen molar-refractivity contribution in [2.75, 3.05) is 32.8 Å². The molecule has 4 amide bonds. The van der Waals surface area contributed by atoms with Crippen molar-refractivity contribution < 1.29 is 19.1 Å². The van der Waals surface area contributed by atoms with E-state index in [1.165, 1.54) is 6.92 Å². The van der Waals surface area contributed by atoms with Crippen LogP contribution in [0.15, 0.2) is 0 Å². The van der Waals surface area contributed by atoms with Crippen molar-refractivity contribution in [2.24, 2.45) is 0 Å². The molecule has 1 saturated heterocycles. The number of imide groups is 1. The van der Waals surface area contributed by atoms with Crippen LogP contribution < -0.4 is 10.6 Å². The van der Waals surface area contributed by atoms with Gasteiger partial charge in [-0.3, -0.25) is 14.9 Å². The first-order valence-corrected chi connectivity index (χ1v) is 6.52. The molecule has 1 fully saturated rings. The Hall–Kier alpha value is -1.34. The first-order chi connectivity index (χ1) is 9.00. The van der Waals surface area contributed by atoms with Crippen LogP contribution in [0.4, 0.5) is 4.79 Å². The van der Waals surface area contributed by atoms with Gasteiger partial charge < -0.3 is 15.0 Å². The van der Waals surface area contributed by atoms with E-state index in [0.717, 1.165) is 0 Å². The molecule has 1 rings (SSSR count). The van der Waals surface area contributed by atoms with E-state index in [2.05, 4.69) is 10.6 Å². The Kier molecular flexibility index (Phi) is 6.58. The fourth-order valence-electron chi connectivity index (χ4n) is 1.51. The zero-order chi connectivity index (χ0) is 14.3. The van der Waals surface area contributed by atoms with E-state index in [1.807, 2.05) is 0 Å². The number of urea groups is 1.